The minimum Gasteiger partial charge on any atom is -0.479 e. The minimum absolute atomic E-state index is 0.197. The third-order valence-corrected chi connectivity index (χ3v) is 3.09. The topological polar surface area (TPSA) is 66.0 Å². The van der Waals surface area contributed by atoms with Crippen LogP contribution in [0.5, 0.6) is 17.2 Å². The van der Waals surface area contributed by atoms with Crippen molar-refractivity contribution < 1.29 is 23.7 Å². The van der Waals surface area contributed by atoms with Gasteiger partial charge in [-0.05, 0) is 13.0 Å². The smallest absolute Gasteiger partial charge is 0.346 e. The van der Waals surface area contributed by atoms with Gasteiger partial charge in [0, 0.05) is 24.2 Å². The van der Waals surface area contributed by atoms with E-state index in [1.165, 1.54) is 7.11 Å². The Balaban J connectivity index is 2.22. The van der Waals surface area contributed by atoms with Gasteiger partial charge in [-0.15, -0.1) is 0 Å². The number of rotatable bonds is 6. The lowest BCUT2D eigenvalue weighted by molar-refractivity contribution is -0.147. The summed E-state index contributed by atoms with van der Waals surface area (Å²) in [6.07, 6.45) is -0.687. The Kier molecular flexibility index (Phi) is 4.90. The van der Waals surface area contributed by atoms with Gasteiger partial charge in [0.25, 0.3) is 0 Å². The molecule has 2 rings (SSSR count). The summed E-state index contributed by atoms with van der Waals surface area (Å²) >= 11 is 0. The molecule has 0 spiro atoms. The molecule has 6 heteroatoms. The van der Waals surface area contributed by atoms with E-state index < -0.39 is 12.1 Å². The summed E-state index contributed by atoms with van der Waals surface area (Å²) in [6, 6.07) is 3.96. The molecular formula is C15H21NO5. The molecule has 0 amide bonds. The molecule has 116 valence electrons. The van der Waals surface area contributed by atoms with E-state index in [0.717, 1.165) is 5.56 Å². The maximum absolute atomic E-state index is 11.5. The zero-order valence-electron chi connectivity index (χ0n) is 12.8. The Labute approximate surface area is 124 Å². The van der Waals surface area contributed by atoms with Gasteiger partial charge < -0.3 is 24.3 Å². The van der Waals surface area contributed by atoms with E-state index in [1.807, 2.05) is 6.07 Å². The number of carbonyl (C=O) groups is 1. The van der Waals surface area contributed by atoms with Gasteiger partial charge in [-0.25, -0.2) is 4.79 Å². The second-order valence-electron chi connectivity index (χ2n) is 5.13. The van der Waals surface area contributed by atoms with Crippen LogP contribution in [0.4, 0.5) is 0 Å². The van der Waals surface area contributed by atoms with Crippen molar-refractivity contribution in [3.8, 4) is 17.2 Å². The van der Waals surface area contributed by atoms with Crippen molar-refractivity contribution >= 4 is 5.97 Å². The van der Waals surface area contributed by atoms with Crippen molar-refractivity contribution in [2.45, 2.75) is 39.5 Å². The first-order chi connectivity index (χ1) is 10.0. The molecule has 1 N–H and O–H groups in total. The Morgan fingerprint density at radius 3 is 2.57 bits per heavy atom. The SMILES string of the molecule is COC(=O)C(C)Oc1cc2c(cc1CNC(C)C)OCO2. The fourth-order valence-electron chi connectivity index (χ4n) is 1.93. The van der Waals surface area contributed by atoms with Gasteiger partial charge in [0.1, 0.15) is 5.75 Å². The van der Waals surface area contributed by atoms with Crippen LogP contribution in [0.1, 0.15) is 26.3 Å². The van der Waals surface area contributed by atoms with E-state index in [4.69, 9.17) is 14.2 Å². The molecule has 0 bridgehead atoms. The first kappa shape index (κ1) is 15.4. The van der Waals surface area contributed by atoms with Crippen molar-refractivity contribution in [1.82, 2.24) is 5.32 Å². The molecule has 1 aliphatic rings. The van der Waals surface area contributed by atoms with E-state index in [9.17, 15) is 4.79 Å². The van der Waals surface area contributed by atoms with Crippen molar-refractivity contribution in [3.05, 3.63) is 17.7 Å². The Morgan fingerprint density at radius 2 is 1.95 bits per heavy atom. The zero-order chi connectivity index (χ0) is 15.4. The number of carbonyl (C=O) groups excluding carboxylic acids is 1. The van der Waals surface area contributed by atoms with E-state index in [2.05, 4.69) is 23.9 Å². The fourth-order valence-corrected chi connectivity index (χ4v) is 1.93. The summed E-state index contributed by atoms with van der Waals surface area (Å²) in [5, 5.41) is 3.32. The summed E-state index contributed by atoms with van der Waals surface area (Å²) < 4.78 is 21.1. The van der Waals surface area contributed by atoms with E-state index in [1.54, 1.807) is 13.0 Å². The number of ether oxygens (including phenoxy) is 4. The summed E-state index contributed by atoms with van der Waals surface area (Å²) in [7, 11) is 1.34. The molecule has 1 heterocycles. The summed E-state index contributed by atoms with van der Waals surface area (Å²) in [5.74, 6) is 1.48. The lowest BCUT2D eigenvalue weighted by Gasteiger charge is -2.17. The first-order valence-electron chi connectivity index (χ1n) is 6.91. The van der Waals surface area contributed by atoms with Gasteiger partial charge in [0.15, 0.2) is 17.6 Å². The predicted molar refractivity (Wildman–Crippen MR) is 76.6 cm³/mol. The number of hydrogen-bond acceptors (Lipinski definition) is 6. The quantitative estimate of drug-likeness (QED) is 0.808. The van der Waals surface area contributed by atoms with Gasteiger partial charge in [-0.1, -0.05) is 13.8 Å². The summed E-state index contributed by atoms with van der Waals surface area (Å²) in [6.45, 7) is 6.57. The molecule has 0 aliphatic carbocycles. The molecule has 1 atom stereocenters. The molecule has 0 radical (unpaired) electrons. The molecule has 0 saturated heterocycles. The van der Waals surface area contributed by atoms with Gasteiger partial charge in [-0.2, -0.15) is 0 Å². The third kappa shape index (κ3) is 3.78. The highest BCUT2D eigenvalue weighted by Crippen LogP contribution is 2.38. The van der Waals surface area contributed by atoms with Crippen molar-refractivity contribution in [2.24, 2.45) is 0 Å². The number of benzene rings is 1. The van der Waals surface area contributed by atoms with Gasteiger partial charge in [0.2, 0.25) is 6.79 Å². The molecule has 0 fully saturated rings. The second-order valence-corrected chi connectivity index (χ2v) is 5.13. The molecule has 1 aliphatic heterocycles. The van der Waals surface area contributed by atoms with Crippen LogP contribution in [-0.4, -0.2) is 32.0 Å². The summed E-state index contributed by atoms with van der Waals surface area (Å²) in [4.78, 5) is 11.5. The zero-order valence-corrected chi connectivity index (χ0v) is 12.8. The standard InChI is InChI=1S/C15H21NO5/c1-9(2)16-7-11-5-13-14(20-8-19-13)6-12(11)21-10(3)15(17)18-4/h5-6,9-10,16H,7-8H2,1-4H3. The first-order valence-corrected chi connectivity index (χ1v) is 6.91. The molecule has 0 saturated carbocycles. The predicted octanol–water partition coefficient (Wildman–Crippen LogP) is 1.85. The van der Waals surface area contributed by atoms with E-state index in [0.29, 0.717) is 29.8 Å². The van der Waals surface area contributed by atoms with Crippen LogP contribution in [-0.2, 0) is 16.1 Å². The Morgan fingerprint density at radius 1 is 1.29 bits per heavy atom. The maximum atomic E-state index is 11.5. The van der Waals surface area contributed by atoms with Crippen LogP contribution >= 0.6 is 0 Å². The van der Waals surface area contributed by atoms with E-state index >= 15 is 0 Å². The number of methoxy groups -OCH3 is 1. The van der Waals surface area contributed by atoms with Crippen molar-refractivity contribution in [3.63, 3.8) is 0 Å². The number of esters is 1. The lowest BCUT2D eigenvalue weighted by atomic mass is 10.1. The number of nitrogens with one attached hydrogen (secondary N) is 1. The van der Waals surface area contributed by atoms with Gasteiger partial charge in [-0.3, -0.25) is 0 Å². The normalized spacial score (nSPS) is 14.1. The van der Waals surface area contributed by atoms with Crippen LogP contribution in [0, 0.1) is 0 Å². The highest BCUT2D eigenvalue weighted by Gasteiger charge is 2.22. The fraction of sp³-hybridized carbons (Fsp3) is 0.533. The molecule has 6 nitrogen and oxygen atoms in total. The minimum atomic E-state index is -0.687. The number of hydrogen-bond donors (Lipinski definition) is 1. The largest absolute Gasteiger partial charge is 0.479 e. The monoisotopic (exact) mass is 295 g/mol. The van der Waals surface area contributed by atoms with Gasteiger partial charge >= 0.3 is 5.97 Å². The van der Waals surface area contributed by atoms with Crippen LogP contribution in [0.15, 0.2) is 12.1 Å². The Hall–Kier alpha value is -1.95. The van der Waals surface area contributed by atoms with E-state index in [-0.39, 0.29) is 6.79 Å². The van der Waals surface area contributed by atoms with Crippen LogP contribution in [0.25, 0.3) is 0 Å². The molecule has 21 heavy (non-hydrogen) atoms. The van der Waals surface area contributed by atoms with Crippen molar-refractivity contribution in [2.75, 3.05) is 13.9 Å². The highest BCUT2D eigenvalue weighted by atomic mass is 16.7. The second kappa shape index (κ2) is 6.67. The maximum Gasteiger partial charge on any atom is 0.346 e. The average Bonchev–Trinajstić information content (AvgIpc) is 2.90. The Bertz CT molecular complexity index is 515. The van der Waals surface area contributed by atoms with Crippen molar-refractivity contribution in [1.29, 1.82) is 0 Å². The van der Waals surface area contributed by atoms with Crippen LogP contribution in [0.2, 0.25) is 0 Å². The molecular weight excluding hydrogens is 274 g/mol. The molecule has 1 unspecified atom stereocenters. The number of fused-ring (bicyclic) bond motifs is 1. The summed E-state index contributed by atoms with van der Waals surface area (Å²) in [5.41, 5.74) is 0.906. The van der Waals surface area contributed by atoms with Crippen LogP contribution < -0.4 is 19.5 Å². The molecule has 0 aromatic heterocycles. The van der Waals surface area contributed by atoms with Gasteiger partial charge in [0.05, 0.1) is 7.11 Å². The van der Waals surface area contributed by atoms with Crippen LogP contribution in [0.3, 0.4) is 0 Å². The average molecular weight is 295 g/mol. The lowest BCUT2D eigenvalue weighted by Crippen LogP contribution is -2.26. The molecule has 1 aromatic rings. The highest BCUT2D eigenvalue weighted by molar-refractivity contribution is 5.74. The third-order valence-electron chi connectivity index (χ3n) is 3.09. The molecule has 1 aromatic carbocycles.